The molecule has 1 fully saturated rings. The molecule has 1 N–H and O–H groups in total. The molecule has 1 aliphatic carbocycles. The summed E-state index contributed by atoms with van der Waals surface area (Å²) in [7, 11) is 1.66. The summed E-state index contributed by atoms with van der Waals surface area (Å²) in [6.07, 6.45) is 2.74. The number of benzene rings is 1. The zero-order valence-electron chi connectivity index (χ0n) is 11.4. The van der Waals surface area contributed by atoms with Gasteiger partial charge in [0.1, 0.15) is 5.75 Å². The van der Waals surface area contributed by atoms with Crippen LogP contribution in [-0.2, 0) is 0 Å². The van der Waals surface area contributed by atoms with E-state index in [2.05, 4.69) is 31.3 Å². The molecule has 0 aliphatic heterocycles. The third kappa shape index (κ3) is 2.99. The van der Waals surface area contributed by atoms with Crippen LogP contribution >= 0.6 is 11.6 Å². The van der Waals surface area contributed by atoms with Crippen LogP contribution in [0.1, 0.15) is 38.3 Å². The van der Waals surface area contributed by atoms with Gasteiger partial charge in [0.05, 0.1) is 12.1 Å². The van der Waals surface area contributed by atoms with Gasteiger partial charge >= 0.3 is 0 Å². The van der Waals surface area contributed by atoms with Crippen LogP contribution in [-0.4, -0.2) is 13.7 Å². The van der Waals surface area contributed by atoms with Gasteiger partial charge in [-0.3, -0.25) is 0 Å². The molecule has 0 heterocycles. The topological polar surface area (TPSA) is 21.3 Å². The molecule has 18 heavy (non-hydrogen) atoms. The Kier molecular flexibility index (Phi) is 4.52. The van der Waals surface area contributed by atoms with Gasteiger partial charge in [-0.1, -0.05) is 31.5 Å². The number of hydrogen-bond acceptors (Lipinski definition) is 2. The van der Waals surface area contributed by atoms with Gasteiger partial charge in [-0.15, -0.1) is 0 Å². The Balaban J connectivity index is 2.23. The highest BCUT2D eigenvalue weighted by Gasteiger charge is 2.33. The molecular formula is C15H22ClNO. The third-order valence-electron chi connectivity index (χ3n) is 3.85. The molecule has 2 rings (SSSR count). The Hall–Kier alpha value is -0.730. The van der Waals surface area contributed by atoms with E-state index in [-0.39, 0.29) is 0 Å². The van der Waals surface area contributed by atoms with Crippen LogP contribution in [0, 0.1) is 11.8 Å². The predicted octanol–water partition coefficient (Wildman–Crippen LogP) is 4.05. The first kappa shape index (κ1) is 13.7. The zero-order chi connectivity index (χ0) is 13.1. The minimum absolute atomic E-state index is 0.397. The summed E-state index contributed by atoms with van der Waals surface area (Å²) in [5.41, 5.74) is 1.28. The molecule has 1 aliphatic rings. The molecule has 1 saturated carbocycles. The molecule has 0 radical (unpaired) electrons. The predicted molar refractivity (Wildman–Crippen MR) is 76.3 cm³/mol. The quantitative estimate of drug-likeness (QED) is 0.840. The Morgan fingerprint density at radius 1 is 1.44 bits per heavy atom. The Morgan fingerprint density at radius 3 is 2.72 bits per heavy atom. The summed E-state index contributed by atoms with van der Waals surface area (Å²) in [4.78, 5) is 0. The standard InChI is InChI=1S/C15H22ClNO/c1-4-17-15(10(2)11-5-6-11)12-7-8-13(16)14(9-12)18-3/h7-11,15,17H,4-6H2,1-3H3. The first-order valence-electron chi connectivity index (χ1n) is 6.74. The van der Waals surface area contributed by atoms with Gasteiger partial charge in [0.25, 0.3) is 0 Å². The Bertz CT molecular complexity index is 403. The lowest BCUT2D eigenvalue weighted by Crippen LogP contribution is -2.27. The molecule has 100 valence electrons. The molecule has 0 amide bonds. The maximum atomic E-state index is 6.09. The van der Waals surface area contributed by atoms with Gasteiger partial charge in [0.15, 0.2) is 0 Å². The molecule has 1 aromatic rings. The maximum Gasteiger partial charge on any atom is 0.137 e. The molecule has 0 saturated heterocycles. The number of nitrogens with one attached hydrogen (secondary N) is 1. The lowest BCUT2D eigenvalue weighted by Gasteiger charge is -2.25. The van der Waals surface area contributed by atoms with Gasteiger partial charge in [-0.2, -0.15) is 0 Å². The highest BCUT2D eigenvalue weighted by molar-refractivity contribution is 6.32. The Labute approximate surface area is 115 Å². The monoisotopic (exact) mass is 267 g/mol. The Morgan fingerprint density at radius 2 is 2.17 bits per heavy atom. The van der Waals surface area contributed by atoms with E-state index < -0.39 is 0 Å². The second-order valence-electron chi connectivity index (χ2n) is 5.13. The van der Waals surface area contributed by atoms with Crippen LogP contribution in [0.4, 0.5) is 0 Å². The van der Waals surface area contributed by atoms with Crippen molar-refractivity contribution in [3.8, 4) is 5.75 Å². The number of rotatable bonds is 6. The highest BCUT2D eigenvalue weighted by atomic mass is 35.5. The molecule has 2 nitrogen and oxygen atoms in total. The zero-order valence-corrected chi connectivity index (χ0v) is 12.1. The van der Waals surface area contributed by atoms with Crippen molar-refractivity contribution in [1.82, 2.24) is 5.32 Å². The van der Waals surface area contributed by atoms with Crippen molar-refractivity contribution in [3.05, 3.63) is 28.8 Å². The molecule has 0 spiro atoms. The van der Waals surface area contributed by atoms with Gasteiger partial charge in [-0.25, -0.2) is 0 Å². The van der Waals surface area contributed by atoms with Crippen molar-refractivity contribution in [2.75, 3.05) is 13.7 Å². The van der Waals surface area contributed by atoms with E-state index in [4.69, 9.17) is 16.3 Å². The van der Waals surface area contributed by atoms with Crippen LogP contribution in [0.15, 0.2) is 18.2 Å². The van der Waals surface area contributed by atoms with E-state index in [1.165, 1.54) is 18.4 Å². The normalized spacial score (nSPS) is 18.4. The highest BCUT2D eigenvalue weighted by Crippen LogP contribution is 2.43. The molecule has 2 unspecified atom stereocenters. The van der Waals surface area contributed by atoms with Crippen LogP contribution in [0.5, 0.6) is 5.75 Å². The van der Waals surface area contributed by atoms with Crippen LogP contribution in [0.25, 0.3) is 0 Å². The fourth-order valence-electron chi connectivity index (χ4n) is 2.59. The van der Waals surface area contributed by atoms with E-state index in [0.717, 1.165) is 18.2 Å². The lowest BCUT2D eigenvalue weighted by molar-refractivity contribution is 0.352. The van der Waals surface area contributed by atoms with Crippen molar-refractivity contribution < 1.29 is 4.74 Å². The minimum atomic E-state index is 0.397. The molecular weight excluding hydrogens is 246 g/mol. The molecule has 0 aromatic heterocycles. The average Bonchev–Trinajstić information content (AvgIpc) is 3.20. The van der Waals surface area contributed by atoms with Crippen LogP contribution in [0.2, 0.25) is 5.02 Å². The molecule has 2 atom stereocenters. The second kappa shape index (κ2) is 5.94. The van der Waals surface area contributed by atoms with Crippen molar-refractivity contribution in [2.24, 2.45) is 11.8 Å². The number of halogens is 1. The number of hydrogen-bond donors (Lipinski definition) is 1. The third-order valence-corrected chi connectivity index (χ3v) is 4.16. The SMILES string of the molecule is CCNC(c1ccc(Cl)c(OC)c1)C(C)C1CC1. The average molecular weight is 268 g/mol. The van der Waals surface area contributed by atoms with E-state index in [0.29, 0.717) is 17.0 Å². The van der Waals surface area contributed by atoms with Crippen molar-refractivity contribution >= 4 is 11.6 Å². The van der Waals surface area contributed by atoms with Gasteiger partial charge in [0, 0.05) is 6.04 Å². The summed E-state index contributed by atoms with van der Waals surface area (Å²) < 4.78 is 5.31. The van der Waals surface area contributed by atoms with Crippen molar-refractivity contribution in [2.45, 2.75) is 32.7 Å². The largest absolute Gasteiger partial charge is 0.495 e. The minimum Gasteiger partial charge on any atom is -0.495 e. The van der Waals surface area contributed by atoms with E-state index in [1.807, 2.05) is 6.07 Å². The fourth-order valence-corrected chi connectivity index (χ4v) is 2.79. The van der Waals surface area contributed by atoms with Crippen molar-refractivity contribution in [1.29, 1.82) is 0 Å². The van der Waals surface area contributed by atoms with E-state index >= 15 is 0 Å². The molecule has 3 heteroatoms. The summed E-state index contributed by atoms with van der Waals surface area (Å²) in [6, 6.07) is 6.50. The maximum absolute atomic E-state index is 6.09. The fraction of sp³-hybridized carbons (Fsp3) is 0.600. The van der Waals surface area contributed by atoms with Crippen LogP contribution < -0.4 is 10.1 Å². The van der Waals surface area contributed by atoms with Crippen LogP contribution in [0.3, 0.4) is 0 Å². The number of methoxy groups -OCH3 is 1. The summed E-state index contributed by atoms with van der Waals surface area (Å²) in [5.74, 6) is 2.30. The van der Waals surface area contributed by atoms with E-state index in [1.54, 1.807) is 7.11 Å². The smallest absolute Gasteiger partial charge is 0.137 e. The second-order valence-corrected chi connectivity index (χ2v) is 5.53. The first-order valence-corrected chi connectivity index (χ1v) is 7.12. The number of ether oxygens (including phenoxy) is 1. The summed E-state index contributed by atoms with van der Waals surface area (Å²) >= 11 is 6.09. The first-order chi connectivity index (χ1) is 8.67. The molecule has 1 aromatic carbocycles. The van der Waals surface area contributed by atoms with Crippen molar-refractivity contribution in [3.63, 3.8) is 0 Å². The van der Waals surface area contributed by atoms with Gasteiger partial charge in [0.2, 0.25) is 0 Å². The molecule has 0 bridgehead atoms. The van der Waals surface area contributed by atoms with E-state index in [9.17, 15) is 0 Å². The summed E-state index contributed by atoms with van der Waals surface area (Å²) in [6.45, 7) is 5.47. The summed E-state index contributed by atoms with van der Waals surface area (Å²) in [5, 5.41) is 4.27. The van der Waals surface area contributed by atoms with Gasteiger partial charge in [-0.05, 0) is 48.9 Å². The van der Waals surface area contributed by atoms with Gasteiger partial charge < -0.3 is 10.1 Å². The lowest BCUT2D eigenvalue weighted by atomic mass is 9.90.